The third-order valence-electron chi connectivity index (χ3n) is 5.30. The highest BCUT2D eigenvalue weighted by Crippen LogP contribution is 2.31. The molecular weight excluding hydrogens is 394 g/mol. The fraction of sp³-hybridized carbons (Fsp3) is 0.400. The van der Waals surface area contributed by atoms with E-state index < -0.39 is 17.4 Å². The number of anilines is 3. The Hall–Kier alpha value is -2.87. The van der Waals surface area contributed by atoms with Gasteiger partial charge in [0, 0.05) is 30.2 Å². The van der Waals surface area contributed by atoms with E-state index in [2.05, 4.69) is 27.5 Å². The van der Waals surface area contributed by atoms with Crippen molar-refractivity contribution in [2.24, 2.45) is 5.92 Å². The van der Waals surface area contributed by atoms with Crippen molar-refractivity contribution in [3.05, 3.63) is 45.2 Å². The summed E-state index contributed by atoms with van der Waals surface area (Å²) < 4.78 is 0. The summed E-state index contributed by atoms with van der Waals surface area (Å²) in [5, 5.41) is 5.86. The van der Waals surface area contributed by atoms with E-state index in [1.165, 1.54) is 0 Å². The van der Waals surface area contributed by atoms with Gasteiger partial charge in [-0.25, -0.2) is 0 Å². The monoisotopic (exact) mass is 415 g/mol. The number of carbonyl (C=O) groups is 2. The van der Waals surface area contributed by atoms with E-state index in [1.54, 1.807) is 24.3 Å². The molecule has 3 heterocycles. The van der Waals surface area contributed by atoms with Crippen LogP contribution in [0.5, 0.6) is 0 Å². The number of rotatable bonds is 3. The normalized spacial score (nSPS) is 21.3. The van der Waals surface area contributed by atoms with Gasteiger partial charge in [0.15, 0.2) is 0 Å². The maximum atomic E-state index is 12.9. The minimum Gasteiger partial charge on any atom is -0.342 e. The van der Waals surface area contributed by atoms with Crippen molar-refractivity contribution in [3.63, 3.8) is 0 Å². The lowest BCUT2D eigenvalue weighted by Crippen LogP contribution is -2.40. The Morgan fingerprint density at radius 3 is 2.93 bits per heavy atom. The molecule has 2 aliphatic rings. The number of benzene rings is 1. The summed E-state index contributed by atoms with van der Waals surface area (Å²) in [6, 6.07) is 6.70. The zero-order chi connectivity index (χ0) is 20.5. The van der Waals surface area contributed by atoms with Crippen molar-refractivity contribution in [1.82, 2.24) is 9.97 Å². The first-order chi connectivity index (χ1) is 13.9. The molecule has 1 fully saturated rings. The molecule has 0 unspecified atom stereocenters. The van der Waals surface area contributed by atoms with Crippen LogP contribution in [0.1, 0.15) is 37.7 Å². The van der Waals surface area contributed by atoms with Gasteiger partial charge in [0.05, 0.1) is 11.5 Å². The lowest BCUT2D eigenvalue weighted by atomic mass is 9.92. The van der Waals surface area contributed by atoms with Crippen molar-refractivity contribution >= 4 is 40.9 Å². The van der Waals surface area contributed by atoms with Gasteiger partial charge in [-0.15, -0.1) is 0 Å². The molecule has 8 nitrogen and oxygen atoms in total. The molecule has 3 N–H and O–H groups in total. The molecule has 1 aromatic carbocycles. The third-order valence-corrected chi connectivity index (χ3v) is 5.54. The highest BCUT2D eigenvalue weighted by Gasteiger charge is 2.35. The summed E-state index contributed by atoms with van der Waals surface area (Å²) in [6.45, 7) is 3.73. The van der Waals surface area contributed by atoms with Crippen molar-refractivity contribution in [1.29, 1.82) is 0 Å². The van der Waals surface area contributed by atoms with Gasteiger partial charge in [-0.2, -0.15) is 4.98 Å². The van der Waals surface area contributed by atoms with E-state index in [0.717, 1.165) is 25.9 Å². The predicted octanol–water partition coefficient (Wildman–Crippen LogP) is 2.72. The molecule has 29 heavy (non-hydrogen) atoms. The SMILES string of the molecule is C[C@H]1CCCN(c2nc3c(c(=O)[nH]2)[C@H](C(=O)Nc2cccc(Cl)c2)CC(=O)N3)C1. The van der Waals surface area contributed by atoms with Crippen LogP contribution in [0.15, 0.2) is 29.1 Å². The maximum absolute atomic E-state index is 12.9. The molecular formula is C20H22ClN5O3. The Morgan fingerprint density at radius 1 is 1.34 bits per heavy atom. The Kier molecular flexibility index (Phi) is 5.27. The largest absolute Gasteiger partial charge is 0.342 e. The van der Waals surface area contributed by atoms with Crippen molar-refractivity contribution in [2.45, 2.75) is 32.1 Å². The van der Waals surface area contributed by atoms with Crippen LogP contribution in [0.3, 0.4) is 0 Å². The molecule has 2 atom stereocenters. The topological polar surface area (TPSA) is 107 Å². The smallest absolute Gasteiger partial charge is 0.258 e. The summed E-state index contributed by atoms with van der Waals surface area (Å²) >= 11 is 5.96. The highest BCUT2D eigenvalue weighted by atomic mass is 35.5. The van der Waals surface area contributed by atoms with Crippen LogP contribution in [0.25, 0.3) is 0 Å². The summed E-state index contributed by atoms with van der Waals surface area (Å²) in [5.41, 5.74) is 0.269. The molecule has 2 aromatic rings. The number of H-pyrrole nitrogens is 1. The molecule has 0 radical (unpaired) electrons. The molecule has 2 amide bonds. The van der Waals surface area contributed by atoms with Crippen LogP contribution in [-0.4, -0.2) is 34.9 Å². The van der Waals surface area contributed by atoms with E-state index in [4.69, 9.17) is 11.6 Å². The van der Waals surface area contributed by atoms with Crippen LogP contribution in [0.2, 0.25) is 5.02 Å². The average molecular weight is 416 g/mol. The number of hydrogen-bond donors (Lipinski definition) is 3. The predicted molar refractivity (Wildman–Crippen MR) is 112 cm³/mol. The Bertz CT molecular complexity index is 1020. The number of hydrogen-bond acceptors (Lipinski definition) is 5. The zero-order valence-electron chi connectivity index (χ0n) is 16.0. The van der Waals surface area contributed by atoms with Crippen molar-refractivity contribution in [2.75, 3.05) is 28.6 Å². The number of amides is 2. The Morgan fingerprint density at radius 2 is 2.17 bits per heavy atom. The standard InChI is InChI=1S/C20H22ClN5O3/c1-11-4-3-7-26(10-11)20-24-17-16(19(29)25-20)14(9-15(27)23-17)18(28)22-13-6-2-5-12(21)8-13/h2,5-6,8,11,14H,3-4,7,9-10H2,1H3,(H,22,28)(H2,23,24,25,27,29)/t11-,14+/m0/s1. The van der Waals surface area contributed by atoms with Gasteiger partial charge in [-0.1, -0.05) is 24.6 Å². The number of aromatic nitrogens is 2. The second-order valence-corrected chi connectivity index (χ2v) is 8.09. The average Bonchev–Trinajstić information content (AvgIpc) is 2.67. The lowest BCUT2D eigenvalue weighted by molar-refractivity contribution is -0.123. The van der Waals surface area contributed by atoms with Crippen LogP contribution in [0.4, 0.5) is 17.5 Å². The lowest BCUT2D eigenvalue weighted by Gasteiger charge is -2.32. The first-order valence-corrected chi connectivity index (χ1v) is 10.0. The summed E-state index contributed by atoms with van der Waals surface area (Å²) in [7, 11) is 0. The molecule has 9 heteroatoms. The first kappa shape index (κ1) is 19.4. The van der Waals surface area contributed by atoms with Gasteiger partial charge in [-0.05, 0) is 37.0 Å². The van der Waals surface area contributed by atoms with Gasteiger partial charge in [-0.3, -0.25) is 19.4 Å². The number of halogens is 1. The van der Waals surface area contributed by atoms with Crippen molar-refractivity contribution < 1.29 is 9.59 Å². The number of carbonyl (C=O) groups excluding carboxylic acids is 2. The molecule has 152 valence electrons. The second kappa shape index (κ2) is 7.87. The molecule has 0 aliphatic carbocycles. The zero-order valence-corrected chi connectivity index (χ0v) is 16.8. The van der Waals surface area contributed by atoms with E-state index in [9.17, 15) is 14.4 Å². The van der Waals surface area contributed by atoms with Gasteiger partial charge in [0.2, 0.25) is 17.8 Å². The third kappa shape index (κ3) is 4.12. The Balaban J connectivity index is 1.65. The fourth-order valence-electron chi connectivity index (χ4n) is 3.91. The minimum absolute atomic E-state index is 0.121. The molecule has 0 saturated carbocycles. The fourth-order valence-corrected chi connectivity index (χ4v) is 4.10. The quantitative estimate of drug-likeness (QED) is 0.714. The van der Waals surface area contributed by atoms with Crippen LogP contribution < -0.4 is 21.1 Å². The van der Waals surface area contributed by atoms with Gasteiger partial charge >= 0.3 is 0 Å². The highest BCUT2D eigenvalue weighted by molar-refractivity contribution is 6.30. The summed E-state index contributed by atoms with van der Waals surface area (Å²) in [5.74, 6) is -0.644. The van der Waals surface area contributed by atoms with Crippen molar-refractivity contribution in [3.8, 4) is 0 Å². The number of aromatic amines is 1. The first-order valence-electron chi connectivity index (χ1n) is 9.66. The number of piperidine rings is 1. The van der Waals surface area contributed by atoms with Gasteiger partial charge < -0.3 is 15.5 Å². The Labute approximate surface area is 172 Å². The number of fused-ring (bicyclic) bond motifs is 1. The van der Waals surface area contributed by atoms with E-state index >= 15 is 0 Å². The molecule has 0 spiro atoms. The molecule has 1 saturated heterocycles. The molecule has 0 bridgehead atoms. The van der Waals surface area contributed by atoms with Crippen LogP contribution >= 0.6 is 11.6 Å². The number of nitrogens with zero attached hydrogens (tertiary/aromatic N) is 2. The van der Waals surface area contributed by atoms with Gasteiger partial charge in [0.1, 0.15) is 5.82 Å². The summed E-state index contributed by atoms with van der Waals surface area (Å²) in [6.07, 6.45) is 2.03. The maximum Gasteiger partial charge on any atom is 0.258 e. The van der Waals surface area contributed by atoms with Gasteiger partial charge in [0.25, 0.3) is 5.56 Å². The van der Waals surface area contributed by atoms with E-state index in [0.29, 0.717) is 22.6 Å². The molecule has 4 rings (SSSR count). The molecule has 1 aromatic heterocycles. The van der Waals surface area contributed by atoms with Crippen LogP contribution in [0, 0.1) is 5.92 Å². The second-order valence-electron chi connectivity index (χ2n) is 7.65. The van der Waals surface area contributed by atoms with Crippen LogP contribution in [-0.2, 0) is 9.59 Å². The minimum atomic E-state index is -0.927. The summed E-state index contributed by atoms with van der Waals surface area (Å²) in [4.78, 5) is 47.2. The molecule has 2 aliphatic heterocycles. The number of nitrogens with one attached hydrogen (secondary N) is 3. The van der Waals surface area contributed by atoms with E-state index in [-0.39, 0.29) is 23.7 Å². The van der Waals surface area contributed by atoms with E-state index in [1.807, 2.05) is 4.90 Å².